The summed E-state index contributed by atoms with van der Waals surface area (Å²) in [4.78, 5) is 23.8. The number of amides is 2. The van der Waals surface area contributed by atoms with Gasteiger partial charge in [0, 0.05) is 17.4 Å². The Kier molecular flexibility index (Phi) is 5.62. The Morgan fingerprint density at radius 2 is 2.00 bits per heavy atom. The number of nitrogens with one attached hydrogen (secondary N) is 1. The lowest BCUT2D eigenvalue weighted by Crippen LogP contribution is -2.48. The van der Waals surface area contributed by atoms with Crippen LogP contribution in [-0.2, 0) is 16.0 Å². The van der Waals surface area contributed by atoms with Crippen LogP contribution in [0.2, 0.25) is 5.02 Å². The number of hydrogen-bond acceptors (Lipinski definition) is 2. The van der Waals surface area contributed by atoms with Crippen molar-refractivity contribution in [1.82, 2.24) is 5.32 Å². The SMILES string of the molecule is NC(=O)[C@@H](Cc1cccc(Cl)c1)NC(=O)C1CCCCC1. The Morgan fingerprint density at radius 3 is 2.62 bits per heavy atom. The number of benzene rings is 1. The number of carbonyl (C=O) groups excluding carboxylic acids is 2. The minimum atomic E-state index is -0.683. The van der Waals surface area contributed by atoms with E-state index in [4.69, 9.17) is 17.3 Å². The van der Waals surface area contributed by atoms with Gasteiger partial charge in [0.05, 0.1) is 0 Å². The molecule has 0 aromatic heterocycles. The van der Waals surface area contributed by atoms with Gasteiger partial charge in [0.2, 0.25) is 11.8 Å². The predicted molar refractivity (Wildman–Crippen MR) is 82.9 cm³/mol. The van der Waals surface area contributed by atoms with E-state index in [0.717, 1.165) is 31.2 Å². The van der Waals surface area contributed by atoms with Gasteiger partial charge < -0.3 is 11.1 Å². The molecule has 2 amide bonds. The second kappa shape index (κ2) is 7.46. The zero-order valence-corrected chi connectivity index (χ0v) is 12.7. The molecule has 2 rings (SSSR count). The highest BCUT2D eigenvalue weighted by atomic mass is 35.5. The standard InChI is InChI=1S/C16H21ClN2O2/c17-13-8-4-5-11(9-13)10-14(15(18)20)19-16(21)12-6-2-1-3-7-12/h4-5,8-9,12,14H,1-3,6-7,10H2,(H2,18,20)(H,19,21)/t14-/m1/s1. The molecule has 21 heavy (non-hydrogen) atoms. The molecule has 1 aromatic carbocycles. The Bertz CT molecular complexity index is 513. The van der Waals surface area contributed by atoms with E-state index in [1.54, 1.807) is 12.1 Å². The average Bonchev–Trinajstić information content (AvgIpc) is 2.47. The monoisotopic (exact) mass is 308 g/mol. The van der Waals surface area contributed by atoms with Crippen molar-refractivity contribution < 1.29 is 9.59 Å². The molecule has 1 aliphatic carbocycles. The molecule has 1 fully saturated rings. The van der Waals surface area contributed by atoms with Gasteiger partial charge in [-0.2, -0.15) is 0 Å². The Hall–Kier alpha value is -1.55. The van der Waals surface area contributed by atoms with Crippen LogP contribution in [0.1, 0.15) is 37.7 Å². The summed E-state index contributed by atoms with van der Waals surface area (Å²) in [5.74, 6) is -0.556. The van der Waals surface area contributed by atoms with Crippen LogP contribution < -0.4 is 11.1 Å². The van der Waals surface area contributed by atoms with Crippen LogP contribution in [0.3, 0.4) is 0 Å². The first-order valence-electron chi connectivity index (χ1n) is 7.40. The minimum Gasteiger partial charge on any atom is -0.368 e. The van der Waals surface area contributed by atoms with Gasteiger partial charge in [-0.15, -0.1) is 0 Å². The largest absolute Gasteiger partial charge is 0.368 e. The summed E-state index contributed by atoms with van der Waals surface area (Å²) in [6.45, 7) is 0. The lowest BCUT2D eigenvalue weighted by atomic mass is 9.88. The van der Waals surface area contributed by atoms with Gasteiger partial charge in [0.15, 0.2) is 0 Å². The van der Waals surface area contributed by atoms with Crippen LogP contribution in [0, 0.1) is 5.92 Å². The van der Waals surface area contributed by atoms with Crippen molar-refractivity contribution in [3.63, 3.8) is 0 Å². The van der Waals surface area contributed by atoms with Crippen molar-refractivity contribution in [1.29, 1.82) is 0 Å². The van der Waals surface area contributed by atoms with E-state index in [0.29, 0.717) is 11.4 Å². The van der Waals surface area contributed by atoms with Gasteiger partial charge in [-0.1, -0.05) is 43.0 Å². The van der Waals surface area contributed by atoms with Crippen molar-refractivity contribution in [2.45, 2.75) is 44.6 Å². The molecular formula is C16H21ClN2O2. The third-order valence-electron chi connectivity index (χ3n) is 3.96. The molecule has 3 N–H and O–H groups in total. The zero-order valence-electron chi connectivity index (χ0n) is 12.0. The van der Waals surface area contributed by atoms with E-state index >= 15 is 0 Å². The molecule has 0 unspecified atom stereocenters. The van der Waals surface area contributed by atoms with E-state index in [1.807, 2.05) is 12.1 Å². The molecule has 0 bridgehead atoms. The van der Waals surface area contributed by atoms with Crippen molar-refractivity contribution >= 4 is 23.4 Å². The third-order valence-corrected chi connectivity index (χ3v) is 4.20. The third kappa shape index (κ3) is 4.74. The summed E-state index contributed by atoms with van der Waals surface area (Å²) in [6, 6.07) is 6.56. The molecule has 0 heterocycles. The van der Waals surface area contributed by atoms with Gasteiger partial charge >= 0.3 is 0 Å². The summed E-state index contributed by atoms with van der Waals surface area (Å²) in [5.41, 5.74) is 6.30. The van der Waals surface area contributed by atoms with Crippen LogP contribution in [0.15, 0.2) is 24.3 Å². The fourth-order valence-corrected chi connectivity index (χ4v) is 2.99. The van der Waals surface area contributed by atoms with Crippen LogP contribution in [0.5, 0.6) is 0 Å². The number of primary amides is 1. The van der Waals surface area contributed by atoms with E-state index in [1.165, 1.54) is 6.42 Å². The maximum Gasteiger partial charge on any atom is 0.240 e. The van der Waals surface area contributed by atoms with Crippen LogP contribution in [0.4, 0.5) is 0 Å². The molecule has 114 valence electrons. The van der Waals surface area contributed by atoms with Gasteiger partial charge in [-0.25, -0.2) is 0 Å². The molecule has 5 heteroatoms. The number of carbonyl (C=O) groups is 2. The van der Waals surface area contributed by atoms with Crippen LogP contribution in [0.25, 0.3) is 0 Å². The number of rotatable bonds is 5. The highest BCUT2D eigenvalue weighted by Crippen LogP contribution is 2.24. The highest BCUT2D eigenvalue weighted by Gasteiger charge is 2.25. The van der Waals surface area contributed by atoms with E-state index in [2.05, 4.69) is 5.32 Å². The molecule has 1 aromatic rings. The van der Waals surface area contributed by atoms with E-state index in [-0.39, 0.29) is 11.8 Å². The maximum atomic E-state index is 12.2. The normalized spacial score (nSPS) is 17.2. The molecular weight excluding hydrogens is 288 g/mol. The minimum absolute atomic E-state index is 0.0139. The van der Waals surface area contributed by atoms with Crippen molar-refractivity contribution in [2.24, 2.45) is 11.7 Å². The second-order valence-electron chi connectivity index (χ2n) is 5.63. The molecule has 1 saturated carbocycles. The molecule has 1 aliphatic rings. The number of halogens is 1. The predicted octanol–water partition coefficient (Wildman–Crippen LogP) is 2.43. The van der Waals surface area contributed by atoms with Gasteiger partial charge in [-0.05, 0) is 30.5 Å². The lowest BCUT2D eigenvalue weighted by molar-refractivity contribution is -0.130. The smallest absolute Gasteiger partial charge is 0.240 e. The summed E-state index contributed by atoms with van der Waals surface area (Å²) in [5, 5.41) is 3.40. The Morgan fingerprint density at radius 1 is 1.29 bits per heavy atom. The molecule has 4 nitrogen and oxygen atoms in total. The summed E-state index contributed by atoms with van der Waals surface area (Å²) < 4.78 is 0. The van der Waals surface area contributed by atoms with Crippen LogP contribution in [-0.4, -0.2) is 17.9 Å². The summed E-state index contributed by atoms with van der Waals surface area (Å²) >= 11 is 5.93. The van der Waals surface area contributed by atoms with Gasteiger partial charge in [0.25, 0.3) is 0 Å². The van der Waals surface area contributed by atoms with Crippen molar-refractivity contribution in [2.75, 3.05) is 0 Å². The topological polar surface area (TPSA) is 72.2 Å². The van der Waals surface area contributed by atoms with E-state index < -0.39 is 11.9 Å². The first kappa shape index (κ1) is 15.8. The van der Waals surface area contributed by atoms with Gasteiger partial charge in [0.1, 0.15) is 6.04 Å². The fourth-order valence-electron chi connectivity index (χ4n) is 2.78. The first-order chi connectivity index (χ1) is 10.1. The number of hydrogen-bond donors (Lipinski definition) is 2. The molecule has 0 aliphatic heterocycles. The fraction of sp³-hybridized carbons (Fsp3) is 0.500. The Balaban J connectivity index is 1.98. The van der Waals surface area contributed by atoms with Crippen LogP contribution >= 0.6 is 11.6 Å². The average molecular weight is 309 g/mol. The zero-order chi connectivity index (χ0) is 15.2. The quantitative estimate of drug-likeness (QED) is 0.877. The number of nitrogens with two attached hydrogens (primary N) is 1. The molecule has 0 radical (unpaired) electrons. The van der Waals surface area contributed by atoms with Gasteiger partial charge in [-0.3, -0.25) is 9.59 Å². The Labute approximate surface area is 130 Å². The molecule has 0 saturated heterocycles. The first-order valence-corrected chi connectivity index (χ1v) is 7.78. The second-order valence-corrected chi connectivity index (χ2v) is 6.07. The molecule has 0 spiro atoms. The molecule has 1 atom stereocenters. The summed E-state index contributed by atoms with van der Waals surface area (Å²) in [6.07, 6.45) is 5.50. The van der Waals surface area contributed by atoms with Crippen molar-refractivity contribution in [3.8, 4) is 0 Å². The maximum absolute atomic E-state index is 12.2. The summed E-state index contributed by atoms with van der Waals surface area (Å²) in [7, 11) is 0. The lowest BCUT2D eigenvalue weighted by Gasteiger charge is -2.23. The van der Waals surface area contributed by atoms with E-state index in [9.17, 15) is 9.59 Å². The van der Waals surface area contributed by atoms with Crippen molar-refractivity contribution in [3.05, 3.63) is 34.9 Å². The highest BCUT2D eigenvalue weighted by molar-refractivity contribution is 6.30.